The van der Waals surface area contributed by atoms with Gasteiger partial charge in [-0.1, -0.05) is 35.9 Å². The number of pyridine rings is 1. The van der Waals surface area contributed by atoms with Crippen molar-refractivity contribution in [3.63, 3.8) is 0 Å². The number of halogens is 4. The molecule has 0 amide bonds. The van der Waals surface area contributed by atoms with E-state index in [1.54, 1.807) is 20.2 Å². The number of aliphatic hydroxyl groups is 1. The van der Waals surface area contributed by atoms with Crippen molar-refractivity contribution in [2.75, 3.05) is 12.4 Å². The predicted molar refractivity (Wildman–Crippen MR) is 146 cm³/mol. The number of aromatic nitrogens is 3. The van der Waals surface area contributed by atoms with E-state index in [-0.39, 0.29) is 17.0 Å². The molecule has 0 radical (unpaired) electrons. The van der Waals surface area contributed by atoms with Crippen LogP contribution in [0.2, 0.25) is 5.15 Å². The lowest BCUT2D eigenvalue weighted by molar-refractivity contribution is -0.126. The van der Waals surface area contributed by atoms with Gasteiger partial charge in [0.25, 0.3) is 0 Å². The number of alkyl halides is 3. The molecule has 3 atom stereocenters. The summed E-state index contributed by atoms with van der Waals surface area (Å²) in [5, 5.41) is 18.4. The SMILES string of the molecule is COc1cc(-c2ccc(CN[C@H]3C[C@@H](O)[C@@H](Nc4nc(C)nc5sc(CC(F)(F)F)cc45)C3)cc2)cnc1Cl. The van der Waals surface area contributed by atoms with E-state index < -0.39 is 18.7 Å². The Kier molecular flexibility index (Phi) is 7.95. The summed E-state index contributed by atoms with van der Waals surface area (Å²) in [6.45, 7) is 2.32. The van der Waals surface area contributed by atoms with Gasteiger partial charge >= 0.3 is 6.18 Å². The number of anilines is 1. The van der Waals surface area contributed by atoms with E-state index in [0.29, 0.717) is 52.1 Å². The zero-order valence-corrected chi connectivity index (χ0v) is 22.8. The van der Waals surface area contributed by atoms with E-state index in [1.807, 2.05) is 30.3 Å². The van der Waals surface area contributed by atoms with Crippen molar-refractivity contribution < 1.29 is 23.0 Å². The van der Waals surface area contributed by atoms with Gasteiger partial charge in [0.2, 0.25) is 0 Å². The number of aryl methyl sites for hydroxylation is 1. The van der Waals surface area contributed by atoms with Crippen molar-refractivity contribution in [1.29, 1.82) is 0 Å². The van der Waals surface area contributed by atoms with Gasteiger partial charge in [-0.15, -0.1) is 11.3 Å². The Hall–Kier alpha value is -2.99. The molecule has 0 aliphatic heterocycles. The molecule has 1 aromatic carbocycles. The maximum atomic E-state index is 12.9. The van der Waals surface area contributed by atoms with Crippen LogP contribution in [0.3, 0.4) is 0 Å². The molecule has 1 aliphatic rings. The zero-order chi connectivity index (χ0) is 27.7. The van der Waals surface area contributed by atoms with E-state index in [0.717, 1.165) is 28.0 Å². The molecule has 3 heterocycles. The highest BCUT2D eigenvalue weighted by atomic mass is 35.5. The number of fused-ring (bicyclic) bond motifs is 1. The van der Waals surface area contributed by atoms with Crippen LogP contribution in [0.25, 0.3) is 21.3 Å². The number of hydrogen-bond acceptors (Lipinski definition) is 8. The first-order valence-electron chi connectivity index (χ1n) is 12.4. The molecule has 3 aromatic heterocycles. The third kappa shape index (κ3) is 6.60. The van der Waals surface area contributed by atoms with Crippen molar-refractivity contribution >= 4 is 39.0 Å². The van der Waals surface area contributed by atoms with Crippen LogP contribution in [0.4, 0.5) is 19.0 Å². The van der Waals surface area contributed by atoms with Crippen LogP contribution in [-0.4, -0.2) is 51.5 Å². The summed E-state index contributed by atoms with van der Waals surface area (Å²) >= 11 is 7.04. The number of rotatable bonds is 8. The highest BCUT2D eigenvalue weighted by Crippen LogP contribution is 2.34. The topological polar surface area (TPSA) is 92.2 Å². The van der Waals surface area contributed by atoms with Gasteiger partial charge in [0.05, 0.1) is 31.1 Å². The Morgan fingerprint density at radius 3 is 2.62 bits per heavy atom. The van der Waals surface area contributed by atoms with Crippen LogP contribution < -0.4 is 15.4 Å². The summed E-state index contributed by atoms with van der Waals surface area (Å²) < 4.78 is 44.0. The number of nitrogens with one attached hydrogen (secondary N) is 2. The van der Waals surface area contributed by atoms with Crippen molar-refractivity contribution in [3.05, 3.63) is 64.0 Å². The molecule has 39 heavy (non-hydrogen) atoms. The fraction of sp³-hybridized carbons (Fsp3) is 0.370. The molecule has 0 saturated heterocycles. The van der Waals surface area contributed by atoms with Crippen LogP contribution in [0.15, 0.2) is 42.6 Å². The molecule has 1 fully saturated rings. The van der Waals surface area contributed by atoms with E-state index in [1.165, 1.54) is 6.07 Å². The van der Waals surface area contributed by atoms with E-state index in [2.05, 4.69) is 25.6 Å². The lowest BCUT2D eigenvalue weighted by Crippen LogP contribution is -2.29. The summed E-state index contributed by atoms with van der Waals surface area (Å²) in [5.74, 6) is 1.43. The Morgan fingerprint density at radius 1 is 1.13 bits per heavy atom. The Bertz CT molecular complexity index is 1460. The smallest absolute Gasteiger partial charge is 0.393 e. The van der Waals surface area contributed by atoms with Crippen LogP contribution >= 0.6 is 22.9 Å². The first-order valence-corrected chi connectivity index (χ1v) is 13.6. The van der Waals surface area contributed by atoms with Gasteiger partial charge in [0.1, 0.15) is 16.5 Å². The Morgan fingerprint density at radius 2 is 1.90 bits per heavy atom. The van der Waals surface area contributed by atoms with Crippen LogP contribution in [-0.2, 0) is 13.0 Å². The number of methoxy groups -OCH3 is 1. The maximum absolute atomic E-state index is 12.9. The Labute approximate surface area is 232 Å². The normalized spacial score (nSPS) is 19.5. The van der Waals surface area contributed by atoms with Gasteiger partial charge in [0, 0.05) is 29.2 Å². The molecule has 12 heteroatoms. The number of nitrogens with zero attached hydrogens (tertiary/aromatic N) is 3. The largest absolute Gasteiger partial charge is 0.494 e. The van der Waals surface area contributed by atoms with E-state index >= 15 is 0 Å². The Balaban J connectivity index is 1.21. The highest BCUT2D eigenvalue weighted by Gasteiger charge is 2.34. The van der Waals surface area contributed by atoms with Gasteiger partial charge in [-0.3, -0.25) is 0 Å². The molecule has 0 spiro atoms. The molecule has 1 saturated carbocycles. The van der Waals surface area contributed by atoms with Gasteiger partial charge < -0.3 is 20.5 Å². The number of hydrogen-bond donors (Lipinski definition) is 3. The standard InChI is InChI=1S/C27H27ClF3N5O2S/c1-14-34-25(20-10-19(11-27(29,30)31)39-26(20)35-14)36-21-8-18(9-22(21)37)32-12-15-3-5-16(6-4-15)17-7-23(38-2)24(28)33-13-17/h3-7,10,13,18,21-22,32,37H,8-9,11-12H2,1-2H3,(H,34,35,36)/t18-,21+,22-/m1/s1. The lowest BCUT2D eigenvalue weighted by atomic mass is 10.1. The molecule has 4 aromatic rings. The third-order valence-corrected chi connectivity index (χ3v) is 8.00. The van der Waals surface area contributed by atoms with Crippen molar-refractivity contribution in [1.82, 2.24) is 20.3 Å². The first kappa shape index (κ1) is 27.6. The summed E-state index contributed by atoms with van der Waals surface area (Å²) in [6.07, 6.45) is -3.04. The van der Waals surface area contributed by atoms with Gasteiger partial charge in [-0.05, 0) is 43.0 Å². The fourth-order valence-electron chi connectivity index (χ4n) is 4.79. The average Bonchev–Trinajstić information content (AvgIpc) is 3.44. The third-order valence-electron chi connectivity index (χ3n) is 6.69. The summed E-state index contributed by atoms with van der Waals surface area (Å²) in [6, 6.07) is 11.2. The molecule has 7 nitrogen and oxygen atoms in total. The second kappa shape index (κ2) is 11.2. The van der Waals surface area contributed by atoms with E-state index in [9.17, 15) is 18.3 Å². The summed E-state index contributed by atoms with van der Waals surface area (Å²) in [5.41, 5.74) is 2.97. The van der Waals surface area contributed by atoms with Crippen LogP contribution in [0.1, 0.15) is 29.1 Å². The number of aliphatic hydroxyl groups excluding tert-OH is 1. The minimum Gasteiger partial charge on any atom is -0.494 e. The summed E-state index contributed by atoms with van der Waals surface area (Å²) in [7, 11) is 1.55. The fourth-order valence-corrected chi connectivity index (χ4v) is 6.08. The van der Waals surface area contributed by atoms with E-state index in [4.69, 9.17) is 16.3 Å². The molecular formula is C27H27ClF3N5O2S. The highest BCUT2D eigenvalue weighted by molar-refractivity contribution is 7.18. The van der Waals surface area contributed by atoms with Crippen molar-refractivity contribution in [2.24, 2.45) is 0 Å². The molecule has 5 rings (SSSR count). The van der Waals surface area contributed by atoms with Gasteiger partial charge in [-0.2, -0.15) is 13.2 Å². The van der Waals surface area contributed by atoms with Crippen LogP contribution in [0.5, 0.6) is 5.75 Å². The molecule has 1 aliphatic carbocycles. The minimum absolute atomic E-state index is 0.0589. The average molecular weight is 578 g/mol. The van der Waals surface area contributed by atoms with Crippen molar-refractivity contribution in [3.8, 4) is 16.9 Å². The molecule has 206 valence electrons. The number of thiophene rings is 1. The molecular weight excluding hydrogens is 551 g/mol. The molecule has 3 N–H and O–H groups in total. The van der Waals surface area contributed by atoms with Gasteiger partial charge in [-0.25, -0.2) is 15.0 Å². The quantitative estimate of drug-likeness (QED) is 0.224. The predicted octanol–water partition coefficient (Wildman–Crippen LogP) is 5.92. The lowest BCUT2D eigenvalue weighted by Gasteiger charge is -2.18. The zero-order valence-electron chi connectivity index (χ0n) is 21.2. The number of benzene rings is 1. The monoisotopic (exact) mass is 577 g/mol. The second-order valence-corrected chi connectivity index (χ2v) is 11.1. The van der Waals surface area contributed by atoms with Gasteiger partial charge in [0.15, 0.2) is 10.9 Å². The maximum Gasteiger partial charge on any atom is 0.393 e. The minimum atomic E-state index is -4.29. The second-order valence-electron chi connectivity index (χ2n) is 9.62. The molecule has 0 unspecified atom stereocenters. The van der Waals surface area contributed by atoms with Crippen molar-refractivity contribution in [2.45, 2.75) is 57.1 Å². The molecule has 0 bridgehead atoms. The van der Waals surface area contributed by atoms with Crippen LogP contribution in [0, 0.1) is 6.92 Å². The number of ether oxygens (including phenoxy) is 1. The first-order chi connectivity index (χ1) is 18.6. The summed E-state index contributed by atoms with van der Waals surface area (Å²) in [4.78, 5) is 13.6.